The van der Waals surface area contributed by atoms with E-state index in [0.29, 0.717) is 0 Å². The van der Waals surface area contributed by atoms with Gasteiger partial charge in [-0.15, -0.1) is 0 Å². The molecule has 1 N–H and O–H groups in total. The van der Waals surface area contributed by atoms with Gasteiger partial charge in [0.2, 0.25) is 5.91 Å². The normalized spacial score (nSPS) is 20.1. The minimum absolute atomic E-state index is 0.0720. The largest absolute Gasteiger partial charge is 0.368 e. The smallest absolute Gasteiger partial charge is 0.243 e. The molecule has 160 valence electrons. The molecule has 0 aromatic heterocycles. The molecule has 4 heteroatoms. The molecule has 3 unspecified atom stereocenters. The van der Waals surface area contributed by atoms with Crippen molar-refractivity contribution in [1.29, 1.82) is 0 Å². The molecule has 0 bridgehead atoms. The van der Waals surface area contributed by atoms with Crippen LogP contribution in [0.25, 0.3) is 0 Å². The van der Waals surface area contributed by atoms with Gasteiger partial charge in [-0.05, 0) is 38.2 Å². The third kappa shape index (κ3) is 5.23. The van der Waals surface area contributed by atoms with Gasteiger partial charge in [0.1, 0.15) is 6.04 Å². The minimum atomic E-state index is -0.232. The number of rotatable bonds is 9. The maximum atomic E-state index is 12.9. The Hall–Kier alpha value is -2.23. The number of nitrogens with zero attached hydrogens (tertiary/aromatic N) is 2. The Balaban J connectivity index is 2.33. The highest BCUT2D eigenvalue weighted by Gasteiger charge is 2.40. The van der Waals surface area contributed by atoms with Crippen LogP contribution in [0.3, 0.4) is 0 Å². The first-order valence-corrected chi connectivity index (χ1v) is 10.9. The van der Waals surface area contributed by atoms with Crippen molar-refractivity contribution in [3.63, 3.8) is 0 Å². The molecule has 1 fully saturated rings. The van der Waals surface area contributed by atoms with E-state index in [1.165, 1.54) is 5.56 Å². The Labute approximate surface area is 177 Å². The molecule has 1 aliphatic heterocycles. The molecular weight excluding hydrogens is 358 g/mol. The highest BCUT2D eigenvalue weighted by molar-refractivity contribution is 5.82. The van der Waals surface area contributed by atoms with Crippen LogP contribution >= 0.6 is 0 Å². The second-order valence-electron chi connectivity index (χ2n) is 8.82. The lowest BCUT2D eigenvalue weighted by Crippen LogP contribution is -2.50. The van der Waals surface area contributed by atoms with Gasteiger partial charge < -0.3 is 15.1 Å². The molecule has 1 saturated heterocycles. The summed E-state index contributed by atoms with van der Waals surface area (Å²) in [4.78, 5) is 17.4. The summed E-state index contributed by atoms with van der Waals surface area (Å²) < 4.78 is 0. The zero-order valence-corrected chi connectivity index (χ0v) is 19.1. The van der Waals surface area contributed by atoms with Crippen LogP contribution < -0.4 is 5.32 Å². The molecule has 0 radical (unpaired) electrons. The molecule has 29 heavy (non-hydrogen) atoms. The summed E-state index contributed by atoms with van der Waals surface area (Å²) in [6, 6.07) is 10.7. The topological polar surface area (TPSA) is 35.6 Å². The lowest BCUT2D eigenvalue weighted by atomic mass is 9.89. The average Bonchev–Trinajstić information content (AvgIpc) is 3.11. The van der Waals surface area contributed by atoms with Crippen LogP contribution in [-0.4, -0.2) is 41.4 Å². The molecule has 1 heterocycles. The van der Waals surface area contributed by atoms with Gasteiger partial charge >= 0.3 is 0 Å². The van der Waals surface area contributed by atoms with Crippen LogP contribution in [-0.2, 0) is 4.79 Å². The van der Waals surface area contributed by atoms with Gasteiger partial charge in [0, 0.05) is 36.9 Å². The number of carbonyl (C=O) groups excluding carboxylic acids is 1. The van der Waals surface area contributed by atoms with Gasteiger partial charge in [0.05, 0.1) is 6.04 Å². The number of allylic oxidation sites excluding steroid dienone is 1. The Kier molecular flexibility index (Phi) is 7.95. The molecule has 1 aromatic rings. The quantitative estimate of drug-likeness (QED) is 0.639. The molecule has 3 atom stereocenters. The predicted octanol–water partition coefficient (Wildman–Crippen LogP) is 4.97. The highest BCUT2D eigenvalue weighted by Crippen LogP contribution is 2.44. The summed E-state index contributed by atoms with van der Waals surface area (Å²) in [5.41, 5.74) is 3.48. The first kappa shape index (κ1) is 23.1. The third-order valence-electron chi connectivity index (χ3n) is 5.98. The Bertz CT molecular complexity index is 710. The number of amides is 1. The fourth-order valence-electron chi connectivity index (χ4n) is 4.50. The summed E-state index contributed by atoms with van der Waals surface area (Å²) in [5.74, 6) is 0.510. The number of nitrogens with one attached hydrogen (secondary N) is 1. The van der Waals surface area contributed by atoms with Crippen LogP contribution in [0.1, 0.15) is 59.1 Å². The first-order valence-electron chi connectivity index (χ1n) is 10.9. The third-order valence-corrected chi connectivity index (χ3v) is 5.98. The Morgan fingerprint density at radius 3 is 2.34 bits per heavy atom. The molecule has 1 aliphatic rings. The molecule has 0 aliphatic carbocycles. The number of benzene rings is 1. The maximum absolute atomic E-state index is 12.9. The van der Waals surface area contributed by atoms with Crippen molar-refractivity contribution in [2.75, 3.05) is 13.6 Å². The zero-order chi connectivity index (χ0) is 21.7. The van der Waals surface area contributed by atoms with Crippen LogP contribution in [0, 0.1) is 11.8 Å². The summed E-state index contributed by atoms with van der Waals surface area (Å²) in [5, 5.41) is 3.08. The van der Waals surface area contributed by atoms with E-state index in [9.17, 15) is 4.79 Å². The lowest BCUT2D eigenvalue weighted by Gasteiger charge is -2.39. The summed E-state index contributed by atoms with van der Waals surface area (Å²) in [6.45, 7) is 20.1. The van der Waals surface area contributed by atoms with E-state index in [1.54, 1.807) is 0 Å². The van der Waals surface area contributed by atoms with E-state index < -0.39 is 0 Å². The fourth-order valence-corrected chi connectivity index (χ4v) is 4.50. The molecule has 0 saturated carbocycles. The monoisotopic (exact) mass is 397 g/mol. The van der Waals surface area contributed by atoms with E-state index in [-0.39, 0.29) is 35.9 Å². The van der Waals surface area contributed by atoms with Gasteiger partial charge in [0.15, 0.2) is 0 Å². The van der Waals surface area contributed by atoms with Crippen LogP contribution in [0.15, 0.2) is 54.9 Å². The van der Waals surface area contributed by atoms with Crippen molar-refractivity contribution in [1.82, 2.24) is 15.1 Å². The van der Waals surface area contributed by atoms with Gasteiger partial charge in [-0.1, -0.05) is 64.3 Å². The van der Waals surface area contributed by atoms with Gasteiger partial charge in [-0.3, -0.25) is 4.79 Å². The molecule has 0 spiro atoms. The number of carbonyl (C=O) groups is 1. The summed E-state index contributed by atoms with van der Waals surface area (Å²) >= 11 is 0. The van der Waals surface area contributed by atoms with Gasteiger partial charge in [-0.25, -0.2) is 0 Å². The maximum Gasteiger partial charge on any atom is 0.243 e. The van der Waals surface area contributed by atoms with Crippen molar-refractivity contribution < 1.29 is 4.79 Å². The van der Waals surface area contributed by atoms with Crippen molar-refractivity contribution in [2.45, 2.75) is 65.6 Å². The number of hydrogen-bond acceptors (Lipinski definition) is 3. The molecule has 1 aromatic carbocycles. The zero-order valence-electron chi connectivity index (χ0n) is 19.1. The van der Waals surface area contributed by atoms with Crippen LogP contribution in [0.2, 0.25) is 0 Å². The van der Waals surface area contributed by atoms with E-state index in [1.807, 2.05) is 20.9 Å². The summed E-state index contributed by atoms with van der Waals surface area (Å²) in [7, 11) is 2.02. The van der Waals surface area contributed by atoms with Crippen molar-refractivity contribution in [3.8, 4) is 0 Å². The second kappa shape index (κ2) is 10.00. The SMILES string of the molecule is C=C(C1CCN(C(=C)CC)C1c1ccccc1)N(C)C(C(=O)NC(C)C)C(C)C. The van der Waals surface area contributed by atoms with Crippen molar-refractivity contribution in [2.24, 2.45) is 11.8 Å². The first-order chi connectivity index (χ1) is 13.7. The predicted molar refractivity (Wildman–Crippen MR) is 122 cm³/mol. The molecule has 1 amide bonds. The molecular formula is C25H39N3O. The van der Waals surface area contributed by atoms with Crippen molar-refractivity contribution >= 4 is 5.91 Å². The fraction of sp³-hybridized carbons (Fsp3) is 0.560. The number of likely N-dealkylation sites (N-methyl/N-ethyl adjacent to an activating group) is 1. The lowest BCUT2D eigenvalue weighted by molar-refractivity contribution is -0.127. The van der Waals surface area contributed by atoms with Gasteiger partial charge in [0.25, 0.3) is 0 Å². The second-order valence-corrected chi connectivity index (χ2v) is 8.82. The number of likely N-dealkylation sites (tertiary alicyclic amines) is 1. The van der Waals surface area contributed by atoms with Crippen LogP contribution in [0.4, 0.5) is 0 Å². The summed E-state index contributed by atoms with van der Waals surface area (Å²) in [6.07, 6.45) is 1.95. The van der Waals surface area contributed by atoms with E-state index in [4.69, 9.17) is 0 Å². The van der Waals surface area contributed by atoms with Crippen molar-refractivity contribution in [3.05, 3.63) is 60.4 Å². The highest BCUT2D eigenvalue weighted by atomic mass is 16.2. The van der Waals surface area contributed by atoms with Crippen LogP contribution in [0.5, 0.6) is 0 Å². The van der Waals surface area contributed by atoms with E-state index in [0.717, 1.165) is 30.8 Å². The average molecular weight is 398 g/mol. The van der Waals surface area contributed by atoms with E-state index >= 15 is 0 Å². The van der Waals surface area contributed by atoms with Gasteiger partial charge in [-0.2, -0.15) is 0 Å². The Morgan fingerprint density at radius 1 is 1.21 bits per heavy atom. The van der Waals surface area contributed by atoms with E-state index in [2.05, 4.69) is 79.4 Å². The number of hydrogen-bond donors (Lipinski definition) is 1. The minimum Gasteiger partial charge on any atom is -0.368 e. The Morgan fingerprint density at radius 2 is 1.83 bits per heavy atom. The molecule has 2 rings (SSSR count). The molecule has 4 nitrogen and oxygen atoms in total. The standard InChI is InChI=1S/C25H39N3O/c1-9-19(6)28-16-15-22(24(28)21-13-11-10-12-14-21)20(7)27(8)23(17(2)3)25(29)26-18(4)5/h10-14,17-18,22-24H,6-7,9,15-16H2,1-5,8H3,(H,26,29).